The van der Waals surface area contributed by atoms with Crippen LogP contribution in [0.15, 0.2) is 84.6 Å². The van der Waals surface area contributed by atoms with E-state index in [1.54, 1.807) is 40.2 Å². The topological polar surface area (TPSA) is 178 Å². The molecule has 4 saturated heterocycles. The summed E-state index contributed by atoms with van der Waals surface area (Å²) in [7, 11) is -0.923. The minimum Gasteiger partial charge on any atom is -0.462 e. The quantitative estimate of drug-likeness (QED) is 0.144. The Labute approximate surface area is 417 Å². The molecule has 0 aromatic carbocycles. The molecule has 1 aliphatic carbocycles. The number of carbonyl (C=O) groups excluding carboxylic acids is 1. The molecule has 0 aromatic heterocycles. The summed E-state index contributed by atoms with van der Waals surface area (Å²) in [6.07, 6.45) is 13.0. The lowest BCUT2D eigenvalue weighted by Gasteiger charge is -2.49. The molecule has 0 amide bonds. The summed E-state index contributed by atoms with van der Waals surface area (Å²) in [5, 5.41) is 23.9. The molecule has 2 bridgehead atoms. The molecule has 6 heterocycles. The molecule has 2 N–H and O–H groups in total. The van der Waals surface area contributed by atoms with Crippen molar-refractivity contribution in [2.75, 3.05) is 33.9 Å². The third-order valence-corrected chi connectivity index (χ3v) is 17.7. The van der Waals surface area contributed by atoms with E-state index in [4.69, 9.17) is 42.1 Å². The van der Waals surface area contributed by atoms with Crippen molar-refractivity contribution in [2.24, 2.45) is 35.5 Å². The molecule has 15 nitrogen and oxygen atoms in total. The van der Waals surface area contributed by atoms with Crippen LogP contribution in [0.4, 0.5) is 0 Å². The van der Waals surface area contributed by atoms with E-state index in [2.05, 4.69) is 66.0 Å². The number of carbonyl (C=O) groups is 1. The van der Waals surface area contributed by atoms with E-state index in [1.165, 1.54) is 12.2 Å². The van der Waals surface area contributed by atoms with Gasteiger partial charge in [0, 0.05) is 70.7 Å². The fourth-order valence-corrected chi connectivity index (χ4v) is 13.6. The van der Waals surface area contributed by atoms with Crippen molar-refractivity contribution in [1.82, 2.24) is 4.31 Å². The molecule has 392 valence electrons. The first-order valence-electron chi connectivity index (χ1n) is 25.5. The molecule has 3 unspecified atom stereocenters. The number of nitrogens with zero attached hydrogens (tertiary/aromatic N) is 1. The predicted octanol–water partition coefficient (Wildman–Crippen LogP) is 6.87. The number of esters is 1. The van der Waals surface area contributed by atoms with E-state index in [0.29, 0.717) is 36.8 Å². The number of hydrogen-bond donors (Lipinski definition) is 2. The van der Waals surface area contributed by atoms with E-state index in [-0.39, 0.29) is 86.2 Å². The highest BCUT2D eigenvalue weighted by Crippen LogP contribution is 2.48. The van der Waals surface area contributed by atoms with Gasteiger partial charge in [0.1, 0.15) is 35.9 Å². The van der Waals surface area contributed by atoms with E-state index < -0.39 is 76.3 Å². The van der Waals surface area contributed by atoms with Crippen LogP contribution in [0.3, 0.4) is 0 Å². The molecule has 20 atom stereocenters. The van der Waals surface area contributed by atoms with Gasteiger partial charge in [-0.15, -0.1) is 13.2 Å². The summed E-state index contributed by atoms with van der Waals surface area (Å²) in [6, 6.07) is 0. The monoisotopic (exact) mass is 1000 g/mol. The van der Waals surface area contributed by atoms with E-state index >= 15 is 0 Å². The van der Waals surface area contributed by atoms with Gasteiger partial charge in [-0.25, -0.2) is 4.18 Å². The number of ether oxygens (including phenoxy) is 8. The fourth-order valence-electron chi connectivity index (χ4n) is 12.4. The number of allylic oxidation sites excluding steroid dienone is 3. The summed E-state index contributed by atoms with van der Waals surface area (Å²) in [5.41, 5.74) is 0.251. The number of methoxy groups -OCH3 is 2. The van der Waals surface area contributed by atoms with Crippen LogP contribution in [0.5, 0.6) is 0 Å². The maximum atomic E-state index is 14.5. The minimum absolute atomic E-state index is 0.0260. The van der Waals surface area contributed by atoms with Crippen LogP contribution in [0.2, 0.25) is 0 Å². The normalized spacial score (nSPS) is 45.1. The first kappa shape index (κ1) is 54.9. The van der Waals surface area contributed by atoms with Crippen LogP contribution < -0.4 is 0 Å². The van der Waals surface area contributed by atoms with E-state index in [1.807, 2.05) is 19.1 Å². The first-order chi connectivity index (χ1) is 33.2. The second-order valence-corrected chi connectivity index (χ2v) is 22.6. The molecule has 0 aromatic rings. The lowest BCUT2D eigenvalue weighted by molar-refractivity contribution is -0.300. The Morgan fingerprint density at radius 1 is 0.929 bits per heavy atom. The summed E-state index contributed by atoms with van der Waals surface area (Å²) < 4.78 is 86.4. The summed E-state index contributed by atoms with van der Waals surface area (Å²) in [6.45, 7) is 23.9. The molecule has 0 radical (unpaired) electrons. The van der Waals surface area contributed by atoms with Crippen LogP contribution >= 0.6 is 0 Å². The Balaban J connectivity index is 1.19. The Morgan fingerprint density at radius 3 is 2.29 bits per heavy atom. The lowest BCUT2D eigenvalue weighted by atomic mass is 9.71. The number of fused-ring (bicyclic) bond motifs is 2. The van der Waals surface area contributed by atoms with Gasteiger partial charge in [0.15, 0.2) is 5.79 Å². The maximum Gasteiger partial charge on any atom is 0.339 e. The number of rotatable bonds is 13. The van der Waals surface area contributed by atoms with Gasteiger partial charge in [0.05, 0.1) is 55.4 Å². The largest absolute Gasteiger partial charge is 0.462 e. The second kappa shape index (κ2) is 22.7. The van der Waals surface area contributed by atoms with Crippen molar-refractivity contribution in [3.8, 4) is 0 Å². The van der Waals surface area contributed by atoms with Gasteiger partial charge in [-0.2, -0.15) is 12.7 Å². The lowest BCUT2D eigenvalue weighted by Crippen LogP contribution is -2.58. The minimum atomic E-state index is -4.18. The fraction of sp³-hybridized carbons (Fsp3) is 0.722. The van der Waals surface area contributed by atoms with Gasteiger partial charge >= 0.3 is 16.3 Å². The van der Waals surface area contributed by atoms with Gasteiger partial charge in [0.25, 0.3) is 0 Å². The van der Waals surface area contributed by atoms with Crippen molar-refractivity contribution in [1.29, 1.82) is 0 Å². The Bertz CT molecular complexity index is 2130. The Kier molecular flexibility index (Phi) is 17.8. The van der Waals surface area contributed by atoms with Crippen molar-refractivity contribution < 1.29 is 65.5 Å². The molecule has 7 aliphatic rings. The second-order valence-electron chi connectivity index (χ2n) is 21.0. The zero-order valence-corrected chi connectivity index (χ0v) is 43.8. The molecule has 70 heavy (non-hydrogen) atoms. The molecule has 4 fully saturated rings. The van der Waals surface area contributed by atoms with E-state index in [9.17, 15) is 23.4 Å². The van der Waals surface area contributed by atoms with Crippen molar-refractivity contribution in [3.63, 3.8) is 0 Å². The average molecular weight is 1000 g/mol. The van der Waals surface area contributed by atoms with Crippen LogP contribution in [-0.4, -0.2) is 147 Å². The maximum absolute atomic E-state index is 14.5. The van der Waals surface area contributed by atoms with Crippen LogP contribution in [0.25, 0.3) is 0 Å². The summed E-state index contributed by atoms with van der Waals surface area (Å²) in [5.74, 6) is -2.90. The predicted molar refractivity (Wildman–Crippen MR) is 264 cm³/mol. The SMILES string of the molecule is C=CCN(CC=C)S(=O)(=O)O[C@H]1[C@H](C)O[C@@H](C2[C@H](C)OC([C@@H]3/C(C)=C/C[C@@H]4C[C@@H](C[C@]5(C=C[C@H](C)[C@@H](C(C)CC)O5)O4)OC(=O)[C@@H]4C=C(C)[C@@H](O)[C@H]5OC/C(=C\C=C\[C@@H]3C)[C@]54O)C[C@@H]2OC)C[C@@H]1OC. The van der Waals surface area contributed by atoms with Gasteiger partial charge in [-0.3, -0.25) is 4.79 Å². The molecular formula is C54H81NO14S. The van der Waals surface area contributed by atoms with Crippen molar-refractivity contribution in [2.45, 2.75) is 179 Å². The van der Waals surface area contributed by atoms with Gasteiger partial charge in [-0.1, -0.05) is 88.3 Å². The zero-order valence-electron chi connectivity index (χ0n) is 43.0. The summed E-state index contributed by atoms with van der Waals surface area (Å²) >= 11 is 0. The van der Waals surface area contributed by atoms with Crippen LogP contribution in [-0.2, 0) is 57.2 Å². The van der Waals surface area contributed by atoms with Crippen molar-refractivity contribution >= 4 is 16.3 Å². The number of hydrogen-bond acceptors (Lipinski definition) is 14. The summed E-state index contributed by atoms with van der Waals surface area (Å²) in [4.78, 5) is 14.5. The third-order valence-electron chi connectivity index (χ3n) is 16.3. The number of aliphatic hydroxyl groups excluding tert-OH is 1. The first-order valence-corrected chi connectivity index (χ1v) is 26.9. The van der Waals surface area contributed by atoms with Crippen LogP contribution in [0, 0.1) is 35.5 Å². The smallest absolute Gasteiger partial charge is 0.339 e. The zero-order chi connectivity index (χ0) is 50.9. The molecule has 16 heteroatoms. The van der Waals surface area contributed by atoms with Gasteiger partial charge in [-0.05, 0) is 63.2 Å². The molecule has 0 saturated carbocycles. The Morgan fingerprint density at radius 2 is 1.61 bits per heavy atom. The molecule has 1 spiro atoms. The Hall–Kier alpha value is -2.84. The van der Waals surface area contributed by atoms with E-state index in [0.717, 1.165) is 16.3 Å². The average Bonchev–Trinajstić information content (AvgIpc) is 3.66. The third kappa shape index (κ3) is 11.1. The molecule has 7 rings (SSSR count). The highest BCUT2D eigenvalue weighted by atomic mass is 32.2. The number of aliphatic hydroxyl groups is 2. The molecule has 6 aliphatic heterocycles. The standard InChI is InChI=1S/C54H81NO14S/c1-13-23-55(24-14-2)70(59,60)69-50-37(10)65-44(28-45(50)62-12)47-36(9)64-43(27-42(47)61-11)46-32(5)17-16-18-38-30-63-51-48(56)35(8)25-41(54(38,51)58)52(57)66-40-26-39(20-19-33(46)6)67-53(29-40)22-21-34(7)49(68-53)31(4)15-3/h13-14,16-19,21-22,25,31-32,34,36-37,39-51,56,58H,1-2,15,20,23-24,26-30H2,3-12H3/b17-16+,33-19+,38-18+/t31?,32-,34-,36-,37-,39+,40-,41-,42-,43?,44+,45-,46-,47?,48+,49+,50-,51+,53+,54+/m0/s1. The highest BCUT2D eigenvalue weighted by Gasteiger charge is 2.60. The highest BCUT2D eigenvalue weighted by molar-refractivity contribution is 7.84. The van der Waals surface area contributed by atoms with Crippen LogP contribution in [0.1, 0.15) is 93.9 Å². The van der Waals surface area contributed by atoms with Crippen molar-refractivity contribution in [3.05, 3.63) is 84.6 Å². The van der Waals surface area contributed by atoms with Gasteiger partial charge in [0.2, 0.25) is 0 Å². The van der Waals surface area contributed by atoms with Gasteiger partial charge < -0.3 is 48.1 Å². The molecular weight excluding hydrogens is 919 g/mol.